The lowest BCUT2D eigenvalue weighted by atomic mass is 10.2. The van der Waals surface area contributed by atoms with Crippen molar-refractivity contribution < 1.29 is 9.18 Å². The van der Waals surface area contributed by atoms with Crippen molar-refractivity contribution in [1.82, 2.24) is 20.7 Å². The minimum atomic E-state index is -0.430. The van der Waals surface area contributed by atoms with Crippen LogP contribution in [-0.4, -0.2) is 21.3 Å². The molecular formula is C10H10FN5O. The summed E-state index contributed by atoms with van der Waals surface area (Å²) in [4.78, 5) is 11.6. The minimum absolute atomic E-state index is 0.0432. The third-order valence-electron chi connectivity index (χ3n) is 2.16. The van der Waals surface area contributed by atoms with Gasteiger partial charge in [-0.05, 0) is 17.7 Å². The molecule has 2 aromatic rings. The molecule has 6 nitrogen and oxygen atoms in total. The van der Waals surface area contributed by atoms with Gasteiger partial charge in [0.25, 0.3) is 5.91 Å². The molecule has 0 atom stereocenters. The average molecular weight is 235 g/mol. The Balaban J connectivity index is 1.97. The monoisotopic (exact) mass is 235 g/mol. The van der Waals surface area contributed by atoms with Gasteiger partial charge in [0.2, 0.25) is 0 Å². The van der Waals surface area contributed by atoms with Gasteiger partial charge < -0.3 is 11.1 Å². The van der Waals surface area contributed by atoms with Crippen LogP contribution in [0.5, 0.6) is 0 Å². The Bertz CT molecular complexity index is 522. The fraction of sp³-hybridized carbons (Fsp3) is 0.100. The van der Waals surface area contributed by atoms with Crippen molar-refractivity contribution in [3.63, 3.8) is 0 Å². The summed E-state index contributed by atoms with van der Waals surface area (Å²) >= 11 is 0. The number of aromatic amines is 1. The number of nitrogens with one attached hydrogen (secondary N) is 2. The highest BCUT2D eigenvalue weighted by Crippen LogP contribution is 2.04. The number of benzene rings is 1. The smallest absolute Gasteiger partial charge is 0.275 e. The molecule has 0 aliphatic heterocycles. The van der Waals surface area contributed by atoms with E-state index in [1.165, 1.54) is 12.1 Å². The molecule has 0 aliphatic rings. The molecule has 0 spiro atoms. The van der Waals surface area contributed by atoms with Crippen molar-refractivity contribution in [2.75, 3.05) is 5.73 Å². The van der Waals surface area contributed by atoms with Crippen molar-refractivity contribution in [3.8, 4) is 0 Å². The molecule has 1 aromatic heterocycles. The molecule has 0 aliphatic carbocycles. The summed E-state index contributed by atoms with van der Waals surface area (Å²) in [6.07, 6.45) is 0. The summed E-state index contributed by atoms with van der Waals surface area (Å²) in [7, 11) is 0. The standard InChI is InChI=1S/C10H10FN5O/c11-7-3-1-6(2-4-7)5-13-10(17)8-9(12)15-16-14-8/h1-4H,5H2,(H,13,17)(H3,12,14,15,16). The lowest BCUT2D eigenvalue weighted by molar-refractivity contribution is 0.0947. The number of nitrogen functional groups attached to an aromatic ring is 1. The van der Waals surface area contributed by atoms with E-state index in [4.69, 9.17) is 5.73 Å². The summed E-state index contributed by atoms with van der Waals surface area (Å²) in [5.41, 5.74) is 6.24. The summed E-state index contributed by atoms with van der Waals surface area (Å²) in [6.45, 7) is 0.269. The van der Waals surface area contributed by atoms with E-state index < -0.39 is 5.91 Å². The summed E-state index contributed by atoms with van der Waals surface area (Å²) in [5, 5.41) is 12.0. The molecule has 0 saturated heterocycles. The quantitative estimate of drug-likeness (QED) is 0.719. The molecule has 17 heavy (non-hydrogen) atoms. The first kappa shape index (κ1) is 11.1. The Hall–Kier alpha value is -2.44. The van der Waals surface area contributed by atoms with E-state index in [1.807, 2.05) is 0 Å². The normalized spacial score (nSPS) is 10.2. The van der Waals surface area contributed by atoms with Gasteiger partial charge in [-0.1, -0.05) is 12.1 Å². The molecule has 2 rings (SSSR count). The van der Waals surface area contributed by atoms with Crippen LogP contribution < -0.4 is 11.1 Å². The fourth-order valence-corrected chi connectivity index (χ4v) is 1.27. The number of aromatic nitrogens is 3. The zero-order valence-corrected chi connectivity index (χ0v) is 8.77. The Morgan fingerprint density at radius 1 is 1.35 bits per heavy atom. The summed E-state index contributed by atoms with van der Waals surface area (Å²) in [5.74, 6) is -0.706. The van der Waals surface area contributed by atoms with Gasteiger partial charge in [0.1, 0.15) is 5.82 Å². The van der Waals surface area contributed by atoms with Crippen LogP contribution in [0.25, 0.3) is 0 Å². The number of H-pyrrole nitrogens is 1. The van der Waals surface area contributed by atoms with Crippen LogP contribution in [0.4, 0.5) is 10.2 Å². The Kier molecular flexibility index (Phi) is 2.99. The van der Waals surface area contributed by atoms with Gasteiger partial charge in [0, 0.05) is 6.54 Å². The maximum Gasteiger partial charge on any atom is 0.275 e. The molecule has 0 bridgehead atoms. The van der Waals surface area contributed by atoms with Crippen LogP contribution in [0, 0.1) is 5.82 Å². The van der Waals surface area contributed by atoms with E-state index in [9.17, 15) is 9.18 Å². The number of amides is 1. The van der Waals surface area contributed by atoms with E-state index in [0.29, 0.717) is 0 Å². The summed E-state index contributed by atoms with van der Waals surface area (Å²) < 4.78 is 12.6. The van der Waals surface area contributed by atoms with Gasteiger partial charge in [0.05, 0.1) is 0 Å². The number of nitrogens with zero attached hydrogens (tertiary/aromatic N) is 2. The number of carbonyl (C=O) groups excluding carboxylic acids is 1. The first-order chi connectivity index (χ1) is 8.16. The molecule has 1 heterocycles. The van der Waals surface area contributed by atoms with Crippen molar-refractivity contribution in [2.45, 2.75) is 6.54 Å². The Morgan fingerprint density at radius 2 is 2.06 bits per heavy atom. The fourth-order valence-electron chi connectivity index (χ4n) is 1.27. The van der Waals surface area contributed by atoms with E-state index in [-0.39, 0.29) is 23.9 Å². The molecule has 4 N–H and O–H groups in total. The second kappa shape index (κ2) is 4.60. The van der Waals surface area contributed by atoms with E-state index >= 15 is 0 Å². The van der Waals surface area contributed by atoms with E-state index in [2.05, 4.69) is 20.7 Å². The van der Waals surface area contributed by atoms with Gasteiger partial charge in [0.15, 0.2) is 11.5 Å². The Labute approximate surface area is 96.0 Å². The molecule has 0 saturated carbocycles. The second-order valence-electron chi connectivity index (χ2n) is 3.37. The van der Waals surface area contributed by atoms with Gasteiger partial charge in [-0.15, -0.1) is 10.2 Å². The highest BCUT2D eigenvalue weighted by atomic mass is 19.1. The SMILES string of the molecule is Nc1n[nH]nc1C(=O)NCc1ccc(F)cc1. The van der Waals surface area contributed by atoms with Crippen LogP contribution in [0.3, 0.4) is 0 Å². The number of nitrogens with two attached hydrogens (primary N) is 1. The zero-order valence-electron chi connectivity index (χ0n) is 8.77. The number of hydrogen-bond acceptors (Lipinski definition) is 4. The van der Waals surface area contributed by atoms with Gasteiger partial charge >= 0.3 is 0 Å². The molecular weight excluding hydrogens is 225 g/mol. The third kappa shape index (κ3) is 2.57. The van der Waals surface area contributed by atoms with Crippen molar-refractivity contribution >= 4 is 11.7 Å². The van der Waals surface area contributed by atoms with Crippen molar-refractivity contribution in [1.29, 1.82) is 0 Å². The lowest BCUT2D eigenvalue weighted by Gasteiger charge is -2.03. The van der Waals surface area contributed by atoms with Crippen molar-refractivity contribution in [2.24, 2.45) is 0 Å². The zero-order chi connectivity index (χ0) is 12.3. The molecule has 1 aromatic carbocycles. The number of anilines is 1. The first-order valence-corrected chi connectivity index (χ1v) is 4.85. The molecule has 88 valence electrons. The third-order valence-corrected chi connectivity index (χ3v) is 2.16. The van der Waals surface area contributed by atoms with Crippen LogP contribution in [0.15, 0.2) is 24.3 Å². The maximum atomic E-state index is 12.6. The minimum Gasteiger partial charge on any atom is -0.380 e. The number of carbonyl (C=O) groups is 1. The lowest BCUT2D eigenvalue weighted by Crippen LogP contribution is -2.24. The topological polar surface area (TPSA) is 96.7 Å². The average Bonchev–Trinajstić information content (AvgIpc) is 2.74. The highest BCUT2D eigenvalue weighted by Gasteiger charge is 2.13. The molecule has 0 unspecified atom stereocenters. The number of hydrogen-bond donors (Lipinski definition) is 3. The second-order valence-corrected chi connectivity index (χ2v) is 3.37. The number of rotatable bonds is 3. The largest absolute Gasteiger partial charge is 0.380 e. The molecule has 7 heteroatoms. The highest BCUT2D eigenvalue weighted by molar-refractivity contribution is 5.96. The van der Waals surface area contributed by atoms with Crippen LogP contribution in [0.2, 0.25) is 0 Å². The maximum absolute atomic E-state index is 12.6. The molecule has 1 amide bonds. The summed E-state index contributed by atoms with van der Waals surface area (Å²) in [6, 6.07) is 5.82. The van der Waals surface area contributed by atoms with Crippen LogP contribution in [-0.2, 0) is 6.54 Å². The van der Waals surface area contributed by atoms with Gasteiger partial charge in [-0.3, -0.25) is 4.79 Å². The molecule has 0 fully saturated rings. The van der Waals surface area contributed by atoms with E-state index in [0.717, 1.165) is 5.56 Å². The van der Waals surface area contributed by atoms with Gasteiger partial charge in [-0.25, -0.2) is 4.39 Å². The van der Waals surface area contributed by atoms with Crippen LogP contribution >= 0.6 is 0 Å². The Morgan fingerprint density at radius 3 is 2.65 bits per heavy atom. The number of halogens is 1. The predicted octanol–water partition coefficient (Wildman–Crippen LogP) is 0.456. The first-order valence-electron chi connectivity index (χ1n) is 4.85. The van der Waals surface area contributed by atoms with Crippen molar-refractivity contribution in [3.05, 3.63) is 41.3 Å². The molecule has 0 radical (unpaired) electrons. The van der Waals surface area contributed by atoms with Crippen LogP contribution in [0.1, 0.15) is 16.1 Å². The van der Waals surface area contributed by atoms with Gasteiger partial charge in [-0.2, -0.15) is 5.21 Å². The predicted molar refractivity (Wildman–Crippen MR) is 58.4 cm³/mol. The van der Waals surface area contributed by atoms with E-state index in [1.54, 1.807) is 12.1 Å².